The molecule has 0 N–H and O–H groups in total. The Hall–Kier alpha value is -0.960. The zero-order valence-electron chi connectivity index (χ0n) is 7.56. The molecule has 0 atom stereocenters. The van der Waals surface area contributed by atoms with Gasteiger partial charge in [-0.3, -0.25) is 4.79 Å². The van der Waals surface area contributed by atoms with Gasteiger partial charge in [0.25, 0.3) is 0 Å². The molecule has 0 spiro atoms. The molecule has 0 radical (unpaired) electrons. The van der Waals surface area contributed by atoms with Crippen molar-refractivity contribution >= 4 is 17.4 Å². The lowest BCUT2D eigenvalue weighted by molar-refractivity contribution is 0.0536. The number of carbonyl (C=O) groups is 1. The zero-order valence-corrected chi connectivity index (χ0v) is 8.31. The number of halogens is 3. The second-order valence-electron chi connectivity index (χ2n) is 2.88. The first-order valence-electron chi connectivity index (χ1n) is 4.15. The monoisotopic (exact) mass is 218 g/mol. The van der Waals surface area contributed by atoms with E-state index in [-0.39, 0.29) is 5.56 Å². The van der Waals surface area contributed by atoms with Crippen LogP contribution >= 0.6 is 11.6 Å². The number of ketones is 1. The summed E-state index contributed by atoms with van der Waals surface area (Å²) in [6.07, 6.45) is 0.689. The van der Waals surface area contributed by atoms with E-state index < -0.39 is 11.2 Å². The molecule has 1 aromatic carbocycles. The van der Waals surface area contributed by atoms with Crippen molar-refractivity contribution in [2.75, 3.05) is 0 Å². The van der Waals surface area contributed by atoms with Gasteiger partial charge in [-0.2, -0.15) is 8.78 Å². The fourth-order valence-electron chi connectivity index (χ4n) is 1.10. The summed E-state index contributed by atoms with van der Waals surface area (Å²) >= 11 is 4.63. The van der Waals surface area contributed by atoms with Crippen LogP contribution < -0.4 is 0 Å². The van der Waals surface area contributed by atoms with Crippen molar-refractivity contribution in [3.63, 3.8) is 0 Å². The van der Waals surface area contributed by atoms with Crippen LogP contribution in [0.3, 0.4) is 0 Å². The SMILES string of the molecule is CCc1cccc(C(=O)C(F)(F)Cl)c1. The molecule has 0 bridgehead atoms. The van der Waals surface area contributed by atoms with Gasteiger partial charge in [0.15, 0.2) is 0 Å². The molecule has 0 aliphatic carbocycles. The maximum atomic E-state index is 12.5. The molecule has 14 heavy (non-hydrogen) atoms. The van der Waals surface area contributed by atoms with E-state index in [1.165, 1.54) is 12.1 Å². The zero-order chi connectivity index (χ0) is 10.8. The van der Waals surface area contributed by atoms with Crippen LogP contribution in [0.4, 0.5) is 8.78 Å². The molecular formula is C10H9ClF2O. The normalized spacial score (nSPS) is 11.4. The third-order valence-corrected chi connectivity index (χ3v) is 2.03. The molecular weight excluding hydrogens is 210 g/mol. The van der Waals surface area contributed by atoms with E-state index in [0.29, 0.717) is 6.42 Å². The summed E-state index contributed by atoms with van der Waals surface area (Å²) in [7, 11) is 0. The third-order valence-electron chi connectivity index (χ3n) is 1.85. The third kappa shape index (κ3) is 2.51. The molecule has 0 amide bonds. The van der Waals surface area contributed by atoms with E-state index in [2.05, 4.69) is 11.6 Å². The Morgan fingerprint density at radius 1 is 1.50 bits per heavy atom. The summed E-state index contributed by atoms with van der Waals surface area (Å²) in [6.45, 7) is 1.88. The fourth-order valence-corrected chi connectivity index (χ4v) is 1.21. The number of alkyl halides is 3. The van der Waals surface area contributed by atoms with Crippen LogP contribution in [-0.4, -0.2) is 11.2 Å². The highest BCUT2D eigenvalue weighted by Crippen LogP contribution is 2.24. The predicted octanol–water partition coefficient (Wildman–Crippen LogP) is 3.26. The Labute approximate surface area is 85.7 Å². The predicted molar refractivity (Wildman–Crippen MR) is 51.0 cm³/mol. The van der Waals surface area contributed by atoms with Crippen LogP contribution in [-0.2, 0) is 6.42 Å². The maximum Gasteiger partial charge on any atom is 0.384 e. The largest absolute Gasteiger partial charge is 0.384 e. The van der Waals surface area contributed by atoms with Gasteiger partial charge in [0.05, 0.1) is 0 Å². The lowest BCUT2D eigenvalue weighted by Gasteiger charge is -2.07. The van der Waals surface area contributed by atoms with Gasteiger partial charge in [-0.25, -0.2) is 0 Å². The van der Waals surface area contributed by atoms with E-state index in [9.17, 15) is 13.6 Å². The molecule has 0 unspecified atom stereocenters. The Kier molecular flexibility index (Phi) is 3.21. The summed E-state index contributed by atoms with van der Waals surface area (Å²) in [5, 5.41) is -3.81. The van der Waals surface area contributed by atoms with Crippen molar-refractivity contribution < 1.29 is 13.6 Å². The van der Waals surface area contributed by atoms with Crippen LogP contribution in [0.15, 0.2) is 24.3 Å². The van der Waals surface area contributed by atoms with Gasteiger partial charge in [-0.1, -0.05) is 25.1 Å². The summed E-state index contributed by atoms with van der Waals surface area (Å²) < 4.78 is 24.9. The first-order valence-corrected chi connectivity index (χ1v) is 4.53. The number of carbonyl (C=O) groups excluding carboxylic acids is 1. The molecule has 4 heteroatoms. The van der Waals surface area contributed by atoms with Crippen molar-refractivity contribution in [1.29, 1.82) is 0 Å². The quantitative estimate of drug-likeness (QED) is 0.562. The topological polar surface area (TPSA) is 17.1 Å². The van der Waals surface area contributed by atoms with Crippen LogP contribution in [0.2, 0.25) is 0 Å². The number of Topliss-reactive ketones (excluding diaryl/α,β-unsaturated/α-hetero) is 1. The Morgan fingerprint density at radius 3 is 2.64 bits per heavy atom. The molecule has 0 aliphatic heterocycles. The Morgan fingerprint density at radius 2 is 2.14 bits per heavy atom. The van der Waals surface area contributed by atoms with Gasteiger partial charge in [-0.05, 0) is 29.7 Å². The second-order valence-corrected chi connectivity index (χ2v) is 3.36. The second kappa shape index (κ2) is 4.05. The minimum atomic E-state index is -3.81. The van der Waals surface area contributed by atoms with E-state index >= 15 is 0 Å². The van der Waals surface area contributed by atoms with Crippen molar-refractivity contribution in [2.45, 2.75) is 18.7 Å². The molecule has 0 saturated carbocycles. The van der Waals surface area contributed by atoms with E-state index in [1.54, 1.807) is 12.1 Å². The van der Waals surface area contributed by atoms with Gasteiger partial charge in [0, 0.05) is 5.56 Å². The van der Waals surface area contributed by atoms with Crippen LogP contribution in [0.1, 0.15) is 22.8 Å². The van der Waals surface area contributed by atoms with E-state index in [4.69, 9.17) is 0 Å². The first kappa shape index (κ1) is 11.1. The summed E-state index contributed by atoms with van der Waals surface area (Å²) in [6, 6.07) is 6.09. The van der Waals surface area contributed by atoms with Gasteiger partial charge in [0.1, 0.15) is 0 Å². The molecule has 1 rings (SSSR count). The molecule has 0 aliphatic rings. The Balaban J connectivity index is 3.02. The van der Waals surface area contributed by atoms with Crippen molar-refractivity contribution in [1.82, 2.24) is 0 Å². The lowest BCUT2D eigenvalue weighted by Crippen LogP contribution is -2.21. The fraction of sp³-hybridized carbons (Fsp3) is 0.300. The van der Waals surface area contributed by atoms with Crippen LogP contribution in [0.25, 0.3) is 0 Å². The molecule has 0 aromatic heterocycles. The van der Waals surface area contributed by atoms with E-state index in [1.807, 2.05) is 6.92 Å². The van der Waals surface area contributed by atoms with Crippen molar-refractivity contribution in [2.24, 2.45) is 0 Å². The number of hydrogen-bond donors (Lipinski definition) is 0. The highest BCUT2D eigenvalue weighted by molar-refractivity contribution is 6.35. The van der Waals surface area contributed by atoms with Crippen molar-refractivity contribution in [3.8, 4) is 0 Å². The van der Waals surface area contributed by atoms with Crippen LogP contribution in [0, 0.1) is 0 Å². The summed E-state index contributed by atoms with van der Waals surface area (Å²) in [5.74, 6) is -1.35. The van der Waals surface area contributed by atoms with Crippen LogP contribution in [0.5, 0.6) is 0 Å². The standard InChI is InChI=1S/C10H9ClF2O/c1-2-7-4-3-5-8(6-7)9(14)10(11,12)13/h3-6H,2H2,1H3. The average molecular weight is 219 g/mol. The van der Waals surface area contributed by atoms with Gasteiger partial charge < -0.3 is 0 Å². The number of aryl methyl sites for hydroxylation is 1. The number of rotatable bonds is 3. The average Bonchev–Trinajstić information content (AvgIpc) is 2.15. The van der Waals surface area contributed by atoms with Gasteiger partial charge in [-0.15, -0.1) is 0 Å². The molecule has 0 heterocycles. The molecule has 0 saturated heterocycles. The highest BCUT2D eigenvalue weighted by Gasteiger charge is 2.36. The minimum absolute atomic E-state index is 0.0515. The van der Waals surface area contributed by atoms with Gasteiger partial charge in [0.2, 0.25) is 5.78 Å². The summed E-state index contributed by atoms with van der Waals surface area (Å²) in [4.78, 5) is 11.1. The highest BCUT2D eigenvalue weighted by atomic mass is 35.5. The lowest BCUT2D eigenvalue weighted by atomic mass is 10.1. The van der Waals surface area contributed by atoms with Gasteiger partial charge >= 0.3 is 5.38 Å². The Bertz CT molecular complexity index is 344. The van der Waals surface area contributed by atoms with E-state index in [0.717, 1.165) is 5.56 Å². The maximum absolute atomic E-state index is 12.5. The molecule has 76 valence electrons. The number of benzene rings is 1. The first-order chi connectivity index (χ1) is 6.45. The molecule has 1 nitrogen and oxygen atoms in total. The summed E-state index contributed by atoms with van der Waals surface area (Å²) in [5.41, 5.74) is 0.779. The van der Waals surface area contributed by atoms with Crippen molar-refractivity contribution in [3.05, 3.63) is 35.4 Å². The molecule has 1 aromatic rings. The number of hydrogen-bond acceptors (Lipinski definition) is 1. The molecule has 0 fully saturated rings. The minimum Gasteiger partial charge on any atom is -0.286 e. The smallest absolute Gasteiger partial charge is 0.286 e.